The lowest BCUT2D eigenvalue weighted by Gasteiger charge is -2.50. The molecule has 5 aliphatic rings. The Balaban J connectivity index is 1.16. The second kappa shape index (κ2) is 15.1. The first-order valence-corrected chi connectivity index (χ1v) is 25.3. The van der Waals surface area contributed by atoms with Gasteiger partial charge in [-0.3, -0.25) is 0 Å². The zero-order chi connectivity index (χ0) is 47.0. The van der Waals surface area contributed by atoms with Gasteiger partial charge in [0, 0.05) is 50.9 Å². The monoisotopic (exact) mass is 880 g/mol. The zero-order valence-electron chi connectivity index (χ0n) is 42.4. The fourth-order valence-electron chi connectivity index (χ4n) is 12.7. The second-order valence-electron chi connectivity index (χ2n) is 24.2. The average Bonchev–Trinajstić information content (AvgIpc) is 3.50. The summed E-state index contributed by atoms with van der Waals surface area (Å²) < 4.78 is 0. The van der Waals surface area contributed by atoms with Crippen molar-refractivity contribution < 1.29 is 0 Å². The number of fused-ring (bicyclic) bond motifs is 7. The molecule has 67 heavy (non-hydrogen) atoms. The van der Waals surface area contributed by atoms with Gasteiger partial charge in [0.2, 0.25) is 0 Å². The van der Waals surface area contributed by atoms with Crippen molar-refractivity contribution in [2.45, 2.75) is 149 Å². The molecule has 6 aromatic rings. The normalized spacial score (nSPS) is 20.8. The molecule has 1 saturated carbocycles. The van der Waals surface area contributed by atoms with E-state index in [2.05, 4.69) is 231 Å². The Bertz CT molecular complexity index is 3020. The first kappa shape index (κ1) is 43.8. The van der Waals surface area contributed by atoms with E-state index in [1.54, 1.807) is 0 Å². The first-order valence-electron chi connectivity index (χ1n) is 25.3. The Labute approximate surface area is 402 Å². The number of benzene rings is 6. The van der Waals surface area contributed by atoms with Gasteiger partial charge in [0.25, 0.3) is 6.71 Å². The van der Waals surface area contributed by atoms with E-state index in [0.29, 0.717) is 0 Å². The molecule has 2 aliphatic carbocycles. The van der Waals surface area contributed by atoms with Crippen molar-refractivity contribution >= 4 is 74.2 Å². The molecular weight excluding hydrogens is 810 g/mol. The van der Waals surface area contributed by atoms with Gasteiger partial charge >= 0.3 is 0 Å². The van der Waals surface area contributed by atoms with Crippen LogP contribution in [0.15, 0.2) is 133 Å². The molecule has 3 nitrogen and oxygen atoms in total. The molecule has 6 aromatic carbocycles. The highest BCUT2D eigenvalue weighted by molar-refractivity contribution is 7.00. The minimum Gasteiger partial charge on any atom is -0.334 e. The SMILES string of the molecule is Cc1cc2c3c(c1)N(c1ccc(C(C)(C)C)cc1)c1cc(N4c5ccc(C6=CCCC=C6)cc5C5(C)CCCCC45C)ccc1B3c1cc(C(C)(C)C)ccc1N2c1ccc(C(C)(C)C)cc1. The molecule has 0 N–H and O–H groups in total. The highest BCUT2D eigenvalue weighted by atomic mass is 15.3. The largest absolute Gasteiger partial charge is 0.334 e. The summed E-state index contributed by atoms with van der Waals surface area (Å²) in [5, 5.41) is 0. The smallest absolute Gasteiger partial charge is 0.252 e. The third-order valence-corrected chi connectivity index (χ3v) is 16.7. The molecule has 0 aromatic heterocycles. The van der Waals surface area contributed by atoms with E-state index in [0.717, 1.165) is 19.3 Å². The van der Waals surface area contributed by atoms with E-state index in [9.17, 15) is 0 Å². The van der Waals surface area contributed by atoms with E-state index in [1.165, 1.54) is 120 Å². The lowest BCUT2D eigenvalue weighted by molar-refractivity contribution is 0.195. The molecule has 4 heteroatoms. The number of hydrogen-bond donors (Lipinski definition) is 0. The van der Waals surface area contributed by atoms with Crippen LogP contribution in [0.1, 0.15) is 148 Å². The van der Waals surface area contributed by atoms with E-state index in [1.807, 2.05) is 0 Å². The summed E-state index contributed by atoms with van der Waals surface area (Å²) in [5.41, 5.74) is 23.8. The second-order valence-corrected chi connectivity index (χ2v) is 24.2. The topological polar surface area (TPSA) is 9.72 Å². The fraction of sp³-hybridized carbons (Fsp3) is 0.365. The molecule has 3 heterocycles. The molecule has 2 atom stereocenters. The van der Waals surface area contributed by atoms with Crippen LogP contribution in [0, 0.1) is 6.92 Å². The third-order valence-electron chi connectivity index (χ3n) is 16.7. The van der Waals surface area contributed by atoms with E-state index < -0.39 is 0 Å². The van der Waals surface area contributed by atoms with Crippen molar-refractivity contribution in [1.82, 2.24) is 0 Å². The highest BCUT2D eigenvalue weighted by Crippen LogP contribution is 2.61. The Morgan fingerprint density at radius 3 is 1.67 bits per heavy atom. The van der Waals surface area contributed by atoms with Gasteiger partial charge in [0.15, 0.2) is 0 Å². The molecule has 0 saturated heterocycles. The van der Waals surface area contributed by atoms with Crippen LogP contribution in [0.3, 0.4) is 0 Å². The van der Waals surface area contributed by atoms with Gasteiger partial charge in [-0.15, -0.1) is 0 Å². The van der Waals surface area contributed by atoms with Gasteiger partial charge in [-0.25, -0.2) is 0 Å². The van der Waals surface area contributed by atoms with Crippen molar-refractivity contribution in [3.8, 4) is 0 Å². The molecule has 340 valence electrons. The third kappa shape index (κ3) is 6.81. The van der Waals surface area contributed by atoms with E-state index >= 15 is 0 Å². The van der Waals surface area contributed by atoms with Crippen molar-refractivity contribution in [3.05, 3.63) is 167 Å². The van der Waals surface area contributed by atoms with Gasteiger partial charge < -0.3 is 14.7 Å². The maximum absolute atomic E-state index is 2.78. The maximum Gasteiger partial charge on any atom is 0.252 e. The van der Waals surface area contributed by atoms with Crippen LogP contribution in [0.4, 0.5) is 45.5 Å². The number of aryl methyl sites for hydroxylation is 1. The molecule has 0 radical (unpaired) electrons. The molecule has 3 aliphatic heterocycles. The van der Waals surface area contributed by atoms with Crippen LogP contribution in [0.2, 0.25) is 0 Å². The van der Waals surface area contributed by atoms with Crippen LogP contribution in [0.5, 0.6) is 0 Å². The Hall–Kier alpha value is -5.74. The van der Waals surface area contributed by atoms with Crippen LogP contribution in [0.25, 0.3) is 5.57 Å². The number of nitrogens with zero attached hydrogens (tertiary/aromatic N) is 3. The predicted molar refractivity (Wildman–Crippen MR) is 290 cm³/mol. The van der Waals surface area contributed by atoms with E-state index in [-0.39, 0.29) is 33.9 Å². The fourth-order valence-corrected chi connectivity index (χ4v) is 12.7. The first-order chi connectivity index (χ1) is 31.8. The number of rotatable bonds is 4. The summed E-state index contributed by atoms with van der Waals surface area (Å²) in [7, 11) is 0. The Kier molecular flexibility index (Phi) is 9.90. The number of anilines is 8. The van der Waals surface area contributed by atoms with Crippen molar-refractivity contribution in [2.24, 2.45) is 0 Å². The Morgan fingerprint density at radius 1 is 0.507 bits per heavy atom. The minimum atomic E-state index is -0.0746. The quantitative estimate of drug-likeness (QED) is 0.163. The highest BCUT2D eigenvalue weighted by Gasteiger charge is 2.58. The van der Waals surface area contributed by atoms with Crippen LogP contribution >= 0.6 is 0 Å². The summed E-state index contributed by atoms with van der Waals surface area (Å²) >= 11 is 0. The predicted octanol–water partition coefficient (Wildman–Crippen LogP) is 15.4. The van der Waals surface area contributed by atoms with Crippen LogP contribution in [-0.4, -0.2) is 12.3 Å². The van der Waals surface area contributed by atoms with Crippen molar-refractivity contribution in [3.63, 3.8) is 0 Å². The lowest BCUT2D eigenvalue weighted by atomic mass is 9.33. The molecule has 2 unspecified atom stereocenters. The minimum absolute atomic E-state index is 0.0122. The van der Waals surface area contributed by atoms with Gasteiger partial charge in [-0.2, -0.15) is 0 Å². The standard InChI is InChI=1S/C63H70BN3/c1-41-36-56-58-57(37-41)66(48-28-23-45(24-29-48)60(5,6)7)55-40-49(67-53-32-20-43(42-18-14-13-15-19-42)38-50(53)62(11)34-16-17-35-63(62,67)12)30-31-51(55)64(58)52-39-46(61(8,9)10)25-33-54(52)65(56)47-26-21-44(22-27-47)59(2,3)4/h14,18-33,36-40H,13,15-17,34-35H2,1-12H3. The van der Waals surface area contributed by atoms with Gasteiger partial charge in [0.05, 0.1) is 5.54 Å². The molecule has 0 bridgehead atoms. The summed E-state index contributed by atoms with van der Waals surface area (Å²) in [6.45, 7) is 28.4. The number of allylic oxidation sites excluding steroid dienone is 4. The molecule has 11 rings (SSSR count). The molecule has 1 fully saturated rings. The van der Waals surface area contributed by atoms with Crippen molar-refractivity contribution in [2.75, 3.05) is 14.7 Å². The average molecular weight is 880 g/mol. The molecule has 0 spiro atoms. The van der Waals surface area contributed by atoms with Crippen LogP contribution < -0.4 is 31.1 Å². The summed E-state index contributed by atoms with van der Waals surface area (Å²) in [6.07, 6.45) is 14.2. The summed E-state index contributed by atoms with van der Waals surface area (Å²) in [5.74, 6) is 0. The van der Waals surface area contributed by atoms with Gasteiger partial charge in [-0.1, -0.05) is 149 Å². The van der Waals surface area contributed by atoms with Crippen LogP contribution in [-0.2, 0) is 21.7 Å². The summed E-state index contributed by atoms with van der Waals surface area (Å²) in [4.78, 5) is 7.97. The maximum atomic E-state index is 2.78. The zero-order valence-corrected chi connectivity index (χ0v) is 42.4. The molecule has 0 amide bonds. The van der Waals surface area contributed by atoms with Gasteiger partial charge in [-0.05, 0) is 178 Å². The Morgan fingerprint density at radius 2 is 1.07 bits per heavy atom. The molecular formula is C63H70BN3. The van der Waals surface area contributed by atoms with Gasteiger partial charge in [0.1, 0.15) is 0 Å². The van der Waals surface area contributed by atoms with E-state index in [4.69, 9.17) is 0 Å². The number of hydrogen-bond acceptors (Lipinski definition) is 3. The summed E-state index contributed by atoms with van der Waals surface area (Å²) in [6, 6.07) is 46.1. The van der Waals surface area contributed by atoms with Crippen molar-refractivity contribution in [1.29, 1.82) is 0 Å². The lowest BCUT2D eigenvalue weighted by Crippen LogP contribution is -2.61.